The number of rotatable bonds is 7. The summed E-state index contributed by atoms with van der Waals surface area (Å²) in [5.74, 6) is -1.92. The number of hydrogen-bond acceptors (Lipinski definition) is 4. The van der Waals surface area contributed by atoms with Gasteiger partial charge in [-0.05, 0) is 11.6 Å². The highest BCUT2D eigenvalue weighted by molar-refractivity contribution is 5.94. The fraction of sp³-hybridized carbons (Fsp3) is 0.286. The van der Waals surface area contributed by atoms with Crippen LogP contribution in [0.5, 0.6) is 0 Å². The van der Waals surface area contributed by atoms with Gasteiger partial charge < -0.3 is 20.3 Å². The maximum Gasteiger partial charge on any atom is 0.329 e. The van der Waals surface area contributed by atoms with Crippen LogP contribution in [0.25, 0.3) is 6.08 Å². The van der Waals surface area contributed by atoms with Gasteiger partial charge in [0.2, 0.25) is 5.91 Å². The molecule has 6 nitrogen and oxygen atoms in total. The molecule has 6 heteroatoms. The quantitative estimate of drug-likeness (QED) is 0.623. The Morgan fingerprint density at radius 2 is 2.00 bits per heavy atom. The van der Waals surface area contributed by atoms with Gasteiger partial charge in [0, 0.05) is 13.2 Å². The van der Waals surface area contributed by atoms with E-state index >= 15 is 0 Å². The van der Waals surface area contributed by atoms with E-state index < -0.39 is 24.0 Å². The Kier molecular flexibility index (Phi) is 6.42. The van der Waals surface area contributed by atoms with Gasteiger partial charge >= 0.3 is 5.97 Å². The summed E-state index contributed by atoms with van der Waals surface area (Å²) in [4.78, 5) is 22.6. The van der Waals surface area contributed by atoms with E-state index in [1.807, 2.05) is 18.2 Å². The molecule has 0 bridgehead atoms. The summed E-state index contributed by atoms with van der Waals surface area (Å²) in [5, 5.41) is 20.7. The third-order valence-electron chi connectivity index (χ3n) is 2.51. The van der Waals surface area contributed by atoms with Crippen molar-refractivity contribution in [1.29, 1.82) is 0 Å². The molecule has 0 heterocycles. The fourth-order valence-corrected chi connectivity index (χ4v) is 1.53. The summed E-state index contributed by atoms with van der Waals surface area (Å²) in [7, 11) is 1.33. The van der Waals surface area contributed by atoms with Gasteiger partial charge in [-0.3, -0.25) is 4.79 Å². The summed E-state index contributed by atoms with van der Waals surface area (Å²) in [5.41, 5.74) is 0.812. The molecule has 0 radical (unpaired) electrons. The molecular weight excluding hydrogens is 262 g/mol. The van der Waals surface area contributed by atoms with Crippen LogP contribution in [0.15, 0.2) is 36.4 Å². The number of carboxylic acids is 1. The number of nitrogens with one attached hydrogen (secondary N) is 1. The highest BCUT2D eigenvalue weighted by Crippen LogP contribution is 2.01. The van der Waals surface area contributed by atoms with Crippen LogP contribution in [-0.2, 0) is 14.3 Å². The molecule has 0 fully saturated rings. The lowest BCUT2D eigenvalue weighted by atomic mass is 10.1. The number of carboxylic acid groups (broad SMARTS) is 1. The molecule has 2 atom stereocenters. The number of ether oxygens (including phenoxy) is 1. The largest absolute Gasteiger partial charge is 0.480 e. The van der Waals surface area contributed by atoms with E-state index in [0.29, 0.717) is 0 Å². The lowest BCUT2D eigenvalue weighted by Gasteiger charge is -2.18. The van der Waals surface area contributed by atoms with E-state index in [-0.39, 0.29) is 6.61 Å². The summed E-state index contributed by atoms with van der Waals surface area (Å²) < 4.78 is 4.66. The fourth-order valence-electron chi connectivity index (χ4n) is 1.53. The van der Waals surface area contributed by atoms with Gasteiger partial charge in [-0.25, -0.2) is 4.79 Å². The Labute approximate surface area is 116 Å². The van der Waals surface area contributed by atoms with Crippen LogP contribution in [-0.4, -0.2) is 48.0 Å². The Hall–Kier alpha value is -2.18. The predicted molar refractivity (Wildman–Crippen MR) is 72.9 cm³/mol. The number of benzene rings is 1. The highest BCUT2D eigenvalue weighted by atomic mass is 16.5. The number of methoxy groups -OCH3 is 1. The minimum absolute atomic E-state index is 0.181. The van der Waals surface area contributed by atoms with E-state index in [2.05, 4.69) is 10.1 Å². The second-order valence-corrected chi connectivity index (χ2v) is 4.09. The van der Waals surface area contributed by atoms with Crippen molar-refractivity contribution in [1.82, 2.24) is 5.32 Å². The van der Waals surface area contributed by atoms with Crippen LogP contribution in [0.4, 0.5) is 0 Å². The van der Waals surface area contributed by atoms with Crippen molar-refractivity contribution in [3.8, 4) is 0 Å². The normalized spacial score (nSPS) is 13.9. The molecule has 3 N–H and O–H groups in total. The number of aliphatic hydroxyl groups excluding tert-OH is 1. The van der Waals surface area contributed by atoms with E-state index in [0.717, 1.165) is 5.56 Å². The van der Waals surface area contributed by atoms with Gasteiger partial charge in [0.05, 0.1) is 6.61 Å². The molecular formula is C14H17NO5. The minimum atomic E-state index is -1.41. The van der Waals surface area contributed by atoms with Gasteiger partial charge in [-0.2, -0.15) is 0 Å². The standard InChI is InChI=1S/C14H17NO5/c1-20-9-11(16)13(14(18)19)15-12(17)8-7-10-5-3-2-4-6-10/h2-8,11,13,16H,9H2,1H3,(H,15,17)(H,18,19)/t11-,13+/m1/s1. The Morgan fingerprint density at radius 1 is 1.35 bits per heavy atom. The SMILES string of the molecule is COC[C@@H](O)[C@H](NC(=O)C=Cc1ccccc1)C(=O)O. The van der Waals surface area contributed by atoms with Crippen molar-refractivity contribution < 1.29 is 24.5 Å². The molecule has 0 aliphatic carbocycles. The maximum absolute atomic E-state index is 11.6. The number of amides is 1. The van der Waals surface area contributed by atoms with Gasteiger partial charge in [0.1, 0.15) is 6.10 Å². The smallest absolute Gasteiger partial charge is 0.329 e. The number of hydrogen-bond donors (Lipinski definition) is 3. The molecule has 0 aliphatic rings. The second kappa shape index (κ2) is 8.08. The Balaban J connectivity index is 2.63. The van der Waals surface area contributed by atoms with E-state index in [4.69, 9.17) is 5.11 Å². The van der Waals surface area contributed by atoms with Crippen LogP contribution in [0, 0.1) is 0 Å². The van der Waals surface area contributed by atoms with Crippen molar-refractivity contribution in [2.24, 2.45) is 0 Å². The Bertz CT molecular complexity index is 472. The molecule has 0 saturated carbocycles. The third kappa shape index (κ3) is 5.21. The van der Waals surface area contributed by atoms with Crippen molar-refractivity contribution in [2.45, 2.75) is 12.1 Å². The summed E-state index contributed by atoms with van der Waals surface area (Å²) in [6, 6.07) is 7.68. The van der Waals surface area contributed by atoms with Crippen LogP contribution >= 0.6 is 0 Å². The average Bonchev–Trinajstić information content (AvgIpc) is 2.43. The zero-order valence-corrected chi connectivity index (χ0v) is 11.0. The average molecular weight is 279 g/mol. The molecule has 0 saturated heterocycles. The molecule has 1 amide bonds. The first-order valence-electron chi connectivity index (χ1n) is 5.98. The maximum atomic E-state index is 11.6. The molecule has 0 aliphatic heterocycles. The molecule has 0 unspecified atom stereocenters. The lowest BCUT2D eigenvalue weighted by molar-refractivity contribution is -0.145. The van der Waals surface area contributed by atoms with Crippen LogP contribution in [0.3, 0.4) is 0 Å². The third-order valence-corrected chi connectivity index (χ3v) is 2.51. The first-order valence-corrected chi connectivity index (χ1v) is 5.98. The van der Waals surface area contributed by atoms with Crippen LogP contribution in [0.2, 0.25) is 0 Å². The second-order valence-electron chi connectivity index (χ2n) is 4.09. The van der Waals surface area contributed by atoms with Crippen molar-refractivity contribution in [3.05, 3.63) is 42.0 Å². The summed E-state index contributed by atoms with van der Waals surface area (Å²) in [6.45, 7) is -0.181. The van der Waals surface area contributed by atoms with Gasteiger partial charge in [-0.15, -0.1) is 0 Å². The first-order chi connectivity index (χ1) is 9.54. The highest BCUT2D eigenvalue weighted by Gasteiger charge is 2.27. The molecule has 1 aromatic carbocycles. The van der Waals surface area contributed by atoms with Crippen molar-refractivity contribution >= 4 is 18.0 Å². The molecule has 20 heavy (non-hydrogen) atoms. The Morgan fingerprint density at radius 3 is 2.55 bits per heavy atom. The van der Waals surface area contributed by atoms with Gasteiger partial charge in [-0.1, -0.05) is 30.3 Å². The van der Waals surface area contributed by atoms with Crippen molar-refractivity contribution in [2.75, 3.05) is 13.7 Å². The van der Waals surface area contributed by atoms with Crippen LogP contribution < -0.4 is 5.32 Å². The number of carbonyl (C=O) groups excluding carboxylic acids is 1. The number of aliphatic hydroxyl groups is 1. The lowest BCUT2D eigenvalue weighted by Crippen LogP contribution is -2.49. The van der Waals surface area contributed by atoms with E-state index in [9.17, 15) is 14.7 Å². The zero-order chi connectivity index (χ0) is 15.0. The monoisotopic (exact) mass is 279 g/mol. The molecule has 108 valence electrons. The molecule has 1 rings (SSSR count). The molecule has 1 aromatic rings. The van der Waals surface area contributed by atoms with E-state index in [1.54, 1.807) is 18.2 Å². The summed E-state index contributed by atoms with van der Waals surface area (Å²) in [6.07, 6.45) is 1.45. The van der Waals surface area contributed by atoms with E-state index in [1.165, 1.54) is 13.2 Å². The number of aliphatic carboxylic acids is 1. The predicted octanol–water partition coefficient (Wildman–Crippen LogP) is 0.276. The molecule has 0 aromatic heterocycles. The summed E-state index contributed by atoms with van der Waals surface area (Å²) >= 11 is 0. The first kappa shape index (κ1) is 15.9. The zero-order valence-electron chi connectivity index (χ0n) is 11.0. The number of carbonyl (C=O) groups is 2. The van der Waals surface area contributed by atoms with Gasteiger partial charge in [0.25, 0.3) is 0 Å². The van der Waals surface area contributed by atoms with Gasteiger partial charge in [0.15, 0.2) is 6.04 Å². The molecule has 0 spiro atoms. The topological polar surface area (TPSA) is 95.9 Å². The van der Waals surface area contributed by atoms with Crippen LogP contribution in [0.1, 0.15) is 5.56 Å². The minimum Gasteiger partial charge on any atom is -0.480 e. The van der Waals surface area contributed by atoms with Crippen molar-refractivity contribution in [3.63, 3.8) is 0 Å².